The fraction of sp³-hybridized carbons (Fsp3) is 1.00. The molecule has 0 aromatic carbocycles. The van der Waals surface area contributed by atoms with E-state index in [0.717, 1.165) is 0 Å². The molecule has 0 heterocycles. The van der Waals surface area contributed by atoms with E-state index in [1.165, 1.54) is 0 Å². The van der Waals surface area contributed by atoms with Gasteiger partial charge in [0.05, 0.1) is 0 Å². The van der Waals surface area contributed by atoms with Crippen molar-refractivity contribution in [3.63, 3.8) is 0 Å². The van der Waals surface area contributed by atoms with Gasteiger partial charge in [-0.25, -0.2) is 13.2 Å². The van der Waals surface area contributed by atoms with E-state index in [1.54, 1.807) is 0 Å². The number of alkyl halides is 9. The van der Waals surface area contributed by atoms with Gasteiger partial charge in [0.1, 0.15) is 0 Å². The molecule has 0 saturated carbocycles. The van der Waals surface area contributed by atoms with Gasteiger partial charge in [-0.05, 0) is 6.92 Å². The van der Waals surface area contributed by atoms with Crippen LogP contribution in [-0.2, 0) is 0 Å². The number of hydrogen-bond acceptors (Lipinski definition) is 0. The molecule has 1 unspecified atom stereocenters. The largest absolute Gasteiger partial charge is 0.380 e. The Bertz CT molecular complexity index is 197. The molecular weight excluding hydrogens is 243 g/mol. The summed E-state index contributed by atoms with van der Waals surface area (Å²) in [4.78, 5) is 0. The predicted octanol–water partition coefficient (Wildman–Crippen LogP) is 3.52. The molecule has 0 aromatic rings. The van der Waals surface area contributed by atoms with Crippen molar-refractivity contribution in [1.82, 2.24) is 0 Å². The van der Waals surface area contributed by atoms with Gasteiger partial charge in [0, 0.05) is 0 Å². The molecule has 1 atom stereocenters. The maximum absolute atomic E-state index is 12.3. The van der Waals surface area contributed by atoms with Crippen LogP contribution in [0.4, 0.5) is 39.5 Å². The zero-order valence-electron chi connectivity index (χ0n) is 7.06. The highest BCUT2D eigenvalue weighted by molar-refractivity contribution is 5.00. The third-order valence-electron chi connectivity index (χ3n) is 1.61. The second-order valence-corrected chi connectivity index (χ2v) is 2.74. The Morgan fingerprint density at radius 3 is 1.27 bits per heavy atom. The third-order valence-corrected chi connectivity index (χ3v) is 1.61. The summed E-state index contributed by atoms with van der Waals surface area (Å²) in [5.74, 6) is -18.6. The van der Waals surface area contributed by atoms with Crippen molar-refractivity contribution in [2.24, 2.45) is 0 Å². The highest BCUT2D eigenvalue weighted by Crippen LogP contribution is 2.50. The molecule has 9 heteroatoms. The topological polar surface area (TPSA) is 0 Å². The van der Waals surface area contributed by atoms with Crippen LogP contribution in [-0.4, -0.2) is 30.4 Å². The zero-order valence-corrected chi connectivity index (χ0v) is 7.06. The average molecular weight is 248 g/mol. The summed E-state index contributed by atoms with van der Waals surface area (Å²) >= 11 is 0. The molecule has 15 heavy (non-hydrogen) atoms. The minimum absolute atomic E-state index is 0.130. The third kappa shape index (κ3) is 2.00. The van der Waals surface area contributed by atoms with Crippen LogP contribution in [0.25, 0.3) is 0 Å². The standard InChI is InChI=1S/C6H5F9/c1-2(7)4(10,11)6(14,15)5(12,13)3(8)9/h2-3H,1H3. The van der Waals surface area contributed by atoms with Gasteiger partial charge >= 0.3 is 24.2 Å². The fourth-order valence-electron chi connectivity index (χ4n) is 0.609. The molecule has 0 aromatic heterocycles. The lowest BCUT2D eigenvalue weighted by atomic mass is 10.0. The summed E-state index contributed by atoms with van der Waals surface area (Å²) < 4.78 is 108. The van der Waals surface area contributed by atoms with E-state index in [9.17, 15) is 39.5 Å². The molecular formula is C6H5F9. The minimum atomic E-state index is -6.46. The second-order valence-electron chi connectivity index (χ2n) is 2.74. The number of halogens is 9. The van der Waals surface area contributed by atoms with Crippen molar-refractivity contribution in [1.29, 1.82) is 0 Å². The first-order chi connectivity index (χ1) is 6.39. The van der Waals surface area contributed by atoms with Crippen molar-refractivity contribution >= 4 is 0 Å². The van der Waals surface area contributed by atoms with E-state index in [4.69, 9.17) is 0 Å². The molecule has 92 valence electrons. The lowest BCUT2D eigenvalue weighted by Gasteiger charge is -2.32. The molecule has 0 radical (unpaired) electrons. The highest BCUT2D eigenvalue weighted by atomic mass is 19.4. The van der Waals surface area contributed by atoms with Crippen LogP contribution in [0.1, 0.15) is 6.92 Å². The lowest BCUT2D eigenvalue weighted by molar-refractivity contribution is -0.349. The van der Waals surface area contributed by atoms with Crippen LogP contribution in [0.2, 0.25) is 0 Å². The molecule has 0 spiro atoms. The second kappa shape index (κ2) is 3.75. The van der Waals surface area contributed by atoms with Crippen molar-refractivity contribution in [2.45, 2.75) is 37.3 Å². The van der Waals surface area contributed by atoms with E-state index < -0.39 is 30.4 Å². The van der Waals surface area contributed by atoms with E-state index in [0.29, 0.717) is 0 Å². The SMILES string of the molecule is CC(F)C(F)(F)C(F)(F)C(F)(F)C(F)F. The van der Waals surface area contributed by atoms with Crippen LogP contribution < -0.4 is 0 Å². The zero-order chi connectivity index (χ0) is 12.7. The van der Waals surface area contributed by atoms with E-state index in [1.807, 2.05) is 0 Å². The Hall–Kier alpha value is -0.630. The first kappa shape index (κ1) is 14.4. The van der Waals surface area contributed by atoms with Gasteiger partial charge in [-0.15, -0.1) is 0 Å². The lowest BCUT2D eigenvalue weighted by Crippen LogP contribution is -2.60. The Morgan fingerprint density at radius 2 is 1.07 bits per heavy atom. The van der Waals surface area contributed by atoms with Crippen molar-refractivity contribution in [2.75, 3.05) is 0 Å². The summed E-state index contributed by atoms with van der Waals surface area (Å²) in [5.41, 5.74) is 0. The summed E-state index contributed by atoms with van der Waals surface area (Å²) in [6, 6.07) is 0. The Kier molecular flexibility index (Phi) is 3.59. The Labute approximate surface area is 78.1 Å². The molecule has 0 aliphatic carbocycles. The van der Waals surface area contributed by atoms with Gasteiger partial charge < -0.3 is 0 Å². The Morgan fingerprint density at radius 1 is 0.733 bits per heavy atom. The van der Waals surface area contributed by atoms with E-state index in [2.05, 4.69) is 0 Å². The summed E-state index contributed by atoms with van der Waals surface area (Å²) in [5, 5.41) is 0. The van der Waals surface area contributed by atoms with Gasteiger partial charge in [-0.1, -0.05) is 0 Å². The molecule has 0 aliphatic heterocycles. The van der Waals surface area contributed by atoms with Crippen LogP contribution in [0, 0.1) is 0 Å². The molecule has 0 fully saturated rings. The first-order valence-electron chi connectivity index (χ1n) is 3.44. The molecule has 0 saturated heterocycles. The van der Waals surface area contributed by atoms with Crippen LogP contribution in [0.15, 0.2) is 0 Å². The fourth-order valence-corrected chi connectivity index (χ4v) is 0.609. The van der Waals surface area contributed by atoms with Gasteiger partial charge in [0.25, 0.3) is 0 Å². The monoisotopic (exact) mass is 248 g/mol. The van der Waals surface area contributed by atoms with E-state index >= 15 is 0 Å². The average Bonchev–Trinajstić information content (AvgIpc) is 2.02. The van der Waals surface area contributed by atoms with Crippen molar-refractivity contribution < 1.29 is 39.5 Å². The van der Waals surface area contributed by atoms with Gasteiger partial charge in [0.15, 0.2) is 6.17 Å². The maximum Gasteiger partial charge on any atom is 0.380 e. The van der Waals surface area contributed by atoms with Gasteiger partial charge in [-0.3, -0.25) is 0 Å². The van der Waals surface area contributed by atoms with Gasteiger partial charge in [0.2, 0.25) is 0 Å². The van der Waals surface area contributed by atoms with Crippen LogP contribution >= 0.6 is 0 Å². The normalized spacial score (nSPS) is 17.0. The minimum Gasteiger partial charge on any atom is -0.241 e. The molecule has 0 N–H and O–H groups in total. The highest BCUT2D eigenvalue weighted by Gasteiger charge is 2.77. The first-order valence-corrected chi connectivity index (χ1v) is 3.44. The van der Waals surface area contributed by atoms with Crippen LogP contribution in [0.5, 0.6) is 0 Å². The summed E-state index contributed by atoms with van der Waals surface area (Å²) in [6.07, 6.45) is -8.70. The molecule has 0 amide bonds. The Balaban J connectivity index is 5.30. The van der Waals surface area contributed by atoms with Crippen LogP contribution in [0.3, 0.4) is 0 Å². The summed E-state index contributed by atoms with van der Waals surface area (Å²) in [7, 11) is 0. The van der Waals surface area contributed by atoms with Crippen molar-refractivity contribution in [3.8, 4) is 0 Å². The van der Waals surface area contributed by atoms with Crippen molar-refractivity contribution in [3.05, 3.63) is 0 Å². The molecule has 0 bridgehead atoms. The predicted molar refractivity (Wildman–Crippen MR) is 31.4 cm³/mol. The molecule has 0 nitrogen and oxygen atoms in total. The number of rotatable bonds is 4. The van der Waals surface area contributed by atoms with Gasteiger partial charge in [-0.2, -0.15) is 26.3 Å². The summed E-state index contributed by atoms with van der Waals surface area (Å²) in [6.45, 7) is -0.130. The number of hydrogen-bond donors (Lipinski definition) is 0. The molecule has 0 aliphatic rings. The quantitative estimate of drug-likeness (QED) is 0.668. The smallest absolute Gasteiger partial charge is 0.241 e. The van der Waals surface area contributed by atoms with E-state index in [-0.39, 0.29) is 6.92 Å². The molecule has 0 rings (SSSR count). The maximum atomic E-state index is 12.3.